The molecule has 2 rings (SSSR count). The van der Waals surface area contributed by atoms with Crippen LogP contribution in [0.4, 0.5) is 0 Å². The highest BCUT2D eigenvalue weighted by molar-refractivity contribution is 9.10. The summed E-state index contributed by atoms with van der Waals surface area (Å²) in [6, 6.07) is 10.6. The van der Waals surface area contributed by atoms with Gasteiger partial charge in [0.1, 0.15) is 0 Å². The van der Waals surface area contributed by atoms with E-state index in [1.54, 1.807) is 24.3 Å². The maximum atomic E-state index is 13.4. The van der Waals surface area contributed by atoms with Crippen LogP contribution >= 0.6 is 78.3 Å². The zero-order chi connectivity index (χ0) is 21.4. The van der Waals surface area contributed by atoms with E-state index in [0.29, 0.717) is 20.1 Å². The van der Waals surface area contributed by atoms with Crippen LogP contribution in [0.5, 0.6) is 0 Å². The minimum absolute atomic E-state index is 0.00738. The molecule has 0 heterocycles. The Kier molecular flexibility index (Phi) is 8.01. The Hall–Kier alpha value is 0.230. The van der Waals surface area contributed by atoms with Gasteiger partial charge in [0.2, 0.25) is 0 Å². The zero-order valence-electron chi connectivity index (χ0n) is 15.8. The molecular weight excluding hydrogens is 570 g/mol. The number of hydrogen-bond donors (Lipinski definition) is 0. The molecular formula is C21H20Br2Cl4O. The fourth-order valence-electron chi connectivity index (χ4n) is 3.14. The SMILES string of the molecule is CC(C)(c1ccc(Cl)cc1Cl)C(Br)C(=O)C(Br)C(C)(C)c1ccc(Cl)cc1Cl. The molecule has 0 fully saturated rings. The van der Waals surface area contributed by atoms with Gasteiger partial charge in [-0.05, 0) is 35.4 Å². The third kappa shape index (κ3) is 4.92. The first-order valence-electron chi connectivity index (χ1n) is 8.53. The smallest absolute Gasteiger partial charge is 0.161 e. The summed E-state index contributed by atoms with van der Waals surface area (Å²) in [5, 5.41) is 2.17. The summed E-state index contributed by atoms with van der Waals surface area (Å²) >= 11 is 32.1. The molecule has 0 aromatic heterocycles. The van der Waals surface area contributed by atoms with Crippen molar-refractivity contribution in [1.29, 1.82) is 0 Å². The van der Waals surface area contributed by atoms with E-state index >= 15 is 0 Å². The highest BCUT2D eigenvalue weighted by Gasteiger charge is 2.44. The quantitative estimate of drug-likeness (QED) is 0.308. The van der Waals surface area contributed by atoms with Gasteiger partial charge >= 0.3 is 0 Å². The van der Waals surface area contributed by atoms with Crippen molar-refractivity contribution >= 4 is 84.0 Å². The number of alkyl halides is 2. The standard InChI is InChI=1S/C21H20Br2Cl4O/c1-20(2,13-7-5-11(24)9-15(13)26)18(22)17(28)19(23)21(3,4)14-8-6-12(25)10-16(14)27/h5-10,18-19H,1-4H3. The molecule has 2 aromatic rings. The van der Waals surface area contributed by atoms with Crippen LogP contribution in [0.2, 0.25) is 20.1 Å². The monoisotopic (exact) mass is 586 g/mol. The van der Waals surface area contributed by atoms with E-state index in [0.717, 1.165) is 11.1 Å². The normalized spacial score (nSPS) is 14.6. The topological polar surface area (TPSA) is 17.1 Å². The Labute approximate surface area is 203 Å². The number of carbonyl (C=O) groups is 1. The van der Waals surface area contributed by atoms with Crippen molar-refractivity contribution in [3.05, 3.63) is 67.6 Å². The zero-order valence-corrected chi connectivity index (χ0v) is 22.0. The molecule has 2 atom stereocenters. The molecule has 152 valence electrons. The summed E-state index contributed by atoms with van der Waals surface area (Å²) in [7, 11) is 0. The average Bonchev–Trinajstić information content (AvgIpc) is 2.58. The second-order valence-electron chi connectivity index (χ2n) is 7.82. The highest BCUT2D eigenvalue weighted by Crippen LogP contribution is 2.43. The molecule has 0 N–H and O–H groups in total. The minimum atomic E-state index is -0.565. The Bertz CT molecular complexity index is 824. The Morgan fingerprint density at radius 3 is 1.36 bits per heavy atom. The molecule has 0 bridgehead atoms. The fraction of sp³-hybridized carbons (Fsp3) is 0.381. The number of benzene rings is 2. The minimum Gasteiger partial charge on any atom is -0.297 e. The number of carbonyl (C=O) groups excluding carboxylic acids is 1. The van der Waals surface area contributed by atoms with Gasteiger partial charge in [-0.25, -0.2) is 0 Å². The maximum Gasteiger partial charge on any atom is 0.161 e. The lowest BCUT2D eigenvalue weighted by molar-refractivity contribution is -0.119. The fourth-order valence-corrected chi connectivity index (χ4v) is 5.82. The van der Waals surface area contributed by atoms with Crippen molar-refractivity contribution in [1.82, 2.24) is 0 Å². The van der Waals surface area contributed by atoms with Gasteiger partial charge in [0.05, 0.1) is 9.65 Å². The lowest BCUT2D eigenvalue weighted by Crippen LogP contribution is -2.45. The molecule has 0 saturated heterocycles. The van der Waals surface area contributed by atoms with Gasteiger partial charge in [0, 0.05) is 30.9 Å². The van der Waals surface area contributed by atoms with Gasteiger partial charge in [-0.3, -0.25) is 4.79 Å². The summed E-state index contributed by atoms with van der Waals surface area (Å²) in [5.74, 6) is -0.00738. The largest absolute Gasteiger partial charge is 0.297 e. The first kappa shape index (κ1) is 24.5. The first-order chi connectivity index (χ1) is 12.8. The Morgan fingerprint density at radius 2 is 1.07 bits per heavy atom. The van der Waals surface area contributed by atoms with Gasteiger partial charge in [-0.2, -0.15) is 0 Å². The number of Topliss-reactive ketones (excluding diaryl/α,β-unsaturated/α-hetero) is 1. The molecule has 0 aliphatic carbocycles. The maximum absolute atomic E-state index is 13.4. The summed E-state index contributed by atoms with van der Waals surface area (Å²) in [5.41, 5.74) is 0.557. The van der Waals surface area contributed by atoms with Crippen LogP contribution in [0.15, 0.2) is 36.4 Å². The van der Waals surface area contributed by atoms with Gasteiger partial charge in [0.25, 0.3) is 0 Å². The molecule has 0 spiro atoms. The van der Waals surface area contributed by atoms with E-state index in [-0.39, 0.29) is 5.78 Å². The van der Waals surface area contributed by atoms with Crippen molar-refractivity contribution in [3.63, 3.8) is 0 Å². The molecule has 28 heavy (non-hydrogen) atoms. The second-order valence-corrected chi connectivity index (χ2v) is 11.3. The van der Waals surface area contributed by atoms with Crippen molar-refractivity contribution in [3.8, 4) is 0 Å². The molecule has 2 aromatic carbocycles. The molecule has 1 nitrogen and oxygen atoms in total. The van der Waals surface area contributed by atoms with Crippen molar-refractivity contribution in [2.45, 2.75) is 48.2 Å². The first-order valence-corrected chi connectivity index (χ1v) is 11.9. The molecule has 7 heteroatoms. The number of hydrogen-bond acceptors (Lipinski definition) is 1. The van der Waals surface area contributed by atoms with Gasteiger partial charge in [-0.15, -0.1) is 0 Å². The Morgan fingerprint density at radius 1 is 0.750 bits per heavy atom. The summed E-state index contributed by atoms with van der Waals surface area (Å²) < 4.78 is 0. The van der Waals surface area contributed by atoms with Crippen LogP contribution in [0.1, 0.15) is 38.8 Å². The number of ketones is 1. The molecule has 0 amide bonds. The summed E-state index contributed by atoms with van der Waals surface area (Å²) in [4.78, 5) is 12.4. The van der Waals surface area contributed by atoms with Crippen LogP contribution in [-0.2, 0) is 15.6 Å². The lowest BCUT2D eigenvalue weighted by atomic mass is 9.74. The van der Waals surface area contributed by atoms with E-state index in [2.05, 4.69) is 31.9 Å². The van der Waals surface area contributed by atoms with E-state index in [9.17, 15) is 4.79 Å². The average molecular weight is 590 g/mol. The third-order valence-corrected chi connectivity index (χ3v) is 9.30. The van der Waals surface area contributed by atoms with Crippen LogP contribution < -0.4 is 0 Å². The molecule has 0 aliphatic rings. The van der Waals surface area contributed by atoms with Crippen LogP contribution in [0, 0.1) is 0 Å². The molecule has 0 aliphatic heterocycles. The van der Waals surface area contributed by atoms with Crippen LogP contribution in [0.3, 0.4) is 0 Å². The van der Waals surface area contributed by atoms with Crippen LogP contribution in [-0.4, -0.2) is 15.4 Å². The van der Waals surface area contributed by atoms with Crippen molar-refractivity contribution < 1.29 is 4.79 Å². The van der Waals surface area contributed by atoms with Crippen molar-refractivity contribution in [2.75, 3.05) is 0 Å². The predicted octanol–water partition coefficient (Wildman–Crippen LogP) is 8.65. The Balaban J connectivity index is 2.37. The van der Waals surface area contributed by atoms with E-state index in [1.807, 2.05) is 39.8 Å². The number of rotatable bonds is 6. The second kappa shape index (κ2) is 9.16. The van der Waals surface area contributed by atoms with Gasteiger partial charge in [-0.1, -0.05) is 118 Å². The molecule has 0 radical (unpaired) electrons. The predicted molar refractivity (Wildman–Crippen MR) is 129 cm³/mol. The van der Waals surface area contributed by atoms with E-state index in [4.69, 9.17) is 46.4 Å². The lowest BCUT2D eigenvalue weighted by Gasteiger charge is -2.37. The van der Waals surface area contributed by atoms with E-state index in [1.165, 1.54) is 0 Å². The van der Waals surface area contributed by atoms with E-state index < -0.39 is 20.5 Å². The molecule has 0 saturated carbocycles. The number of halogens is 6. The highest BCUT2D eigenvalue weighted by atomic mass is 79.9. The van der Waals surface area contributed by atoms with Gasteiger partial charge in [0.15, 0.2) is 5.78 Å². The van der Waals surface area contributed by atoms with Crippen molar-refractivity contribution in [2.24, 2.45) is 0 Å². The summed E-state index contributed by atoms with van der Waals surface area (Å²) in [6.07, 6.45) is 0. The third-order valence-electron chi connectivity index (χ3n) is 5.02. The summed E-state index contributed by atoms with van der Waals surface area (Å²) in [6.45, 7) is 7.89. The van der Waals surface area contributed by atoms with Crippen LogP contribution in [0.25, 0.3) is 0 Å². The molecule has 2 unspecified atom stereocenters. The van der Waals surface area contributed by atoms with Gasteiger partial charge < -0.3 is 0 Å².